The Balaban J connectivity index is 1.86. The number of aromatic amines is 2. The lowest BCUT2D eigenvalue weighted by Crippen LogP contribution is -2.20. The van der Waals surface area contributed by atoms with Crippen LogP contribution in [0.25, 0.3) is 22.3 Å². The van der Waals surface area contributed by atoms with E-state index in [1.807, 2.05) is 11.6 Å². The van der Waals surface area contributed by atoms with Crippen LogP contribution in [0, 0.1) is 6.92 Å². The topological polar surface area (TPSA) is 108 Å². The first-order chi connectivity index (χ1) is 11.5. The number of hydrogen-bond acceptors (Lipinski definition) is 4. The standard InChI is InChI=1S/C16H14N4O3S/c1-7-8-3-2-4-9-10-6-13-11(16(21)20-24(13,22)23)5-12(10)17-14(9)15(8)19-18-7/h5-6,17H,2-4H2,1H3,(H,18,19)(H,20,21). The van der Waals surface area contributed by atoms with Crippen molar-refractivity contribution in [1.29, 1.82) is 0 Å². The van der Waals surface area contributed by atoms with Crippen LogP contribution < -0.4 is 4.72 Å². The van der Waals surface area contributed by atoms with Crippen LogP contribution in [-0.2, 0) is 22.9 Å². The molecule has 0 bridgehead atoms. The van der Waals surface area contributed by atoms with E-state index >= 15 is 0 Å². The maximum absolute atomic E-state index is 12.1. The second-order valence-corrected chi connectivity index (χ2v) is 7.99. The van der Waals surface area contributed by atoms with Gasteiger partial charge in [-0.1, -0.05) is 0 Å². The van der Waals surface area contributed by atoms with Crippen molar-refractivity contribution >= 4 is 26.8 Å². The van der Waals surface area contributed by atoms with Gasteiger partial charge in [-0.3, -0.25) is 9.89 Å². The molecular formula is C16H14N4O3S. The summed E-state index contributed by atoms with van der Waals surface area (Å²) in [6.07, 6.45) is 2.74. The van der Waals surface area contributed by atoms with Crippen molar-refractivity contribution in [3.05, 3.63) is 34.5 Å². The van der Waals surface area contributed by atoms with Crippen LogP contribution >= 0.6 is 0 Å². The number of rotatable bonds is 0. The summed E-state index contributed by atoms with van der Waals surface area (Å²) in [7, 11) is -3.75. The average molecular weight is 342 g/mol. The van der Waals surface area contributed by atoms with Gasteiger partial charge < -0.3 is 4.98 Å². The molecule has 1 amide bonds. The molecule has 0 saturated carbocycles. The Morgan fingerprint density at radius 1 is 1.17 bits per heavy atom. The Bertz CT molecular complexity index is 1150. The number of aryl methyl sites for hydroxylation is 2. The molecular weight excluding hydrogens is 328 g/mol. The molecule has 1 aliphatic heterocycles. The molecule has 0 radical (unpaired) electrons. The molecule has 3 N–H and O–H groups in total. The van der Waals surface area contributed by atoms with E-state index in [-0.39, 0.29) is 10.5 Å². The molecule has 1 aliphatic carbocycles. The summed E-state index contributed by atoms with van der Waals surface area (Å²) in [6, 6.07) is 3.23. The van der Waals surface area contributed by atoms with Gasteiger partial charge in [0.1, 0.15) is 10.6 Å². The zero-order valence-corrected chi connectivity index (χ0v) is 13.7. The Labute approximate surface area is 137 Å². The number of sulfonamides is 1. The Hall–Kier alpha value is -2.61. The van der Waals surface area contributed by atoms with E-state index in [2.05, 4.69) is 15.2 Å². The number of hydrogen-bond donors (Lipinski definition) is 3. The third kappa shape index (κ3) is 1.63. The zero-order valence-electron chi connectivity index (χ0n) is 12.9. The molecule has 0 saturated heterocycles. The summed E-state index contributed by atoms with van der Waals surface area (Å²) in [5.41, 5.74) is 6.08. The van der Waals surface area contributed by atoms with Crippen LogP contribution in [0.2, 0.25) is 0 Å². The summed E-state index contributed by atoms with van der Waals surface area (Å²) in [6.45, 7) is 2.00. The smallest absolute Gasteiger partial charge is 0.266 e. The molecule has 8 heteroatoms. The van der Waals surface area contributed by atoms with Gasteiger partial charge in [-0.15, -0.1) is 0 Å². The normalized spacial score (nSPS) is 18.0. The van der Waals surface area contributed by atoms with Crippen LogP contribution in [0.5, 0.6) is 0 Å². The van der Waals surface area contributed by atoms with E-state index in [9.17, 15) is 13.2 Å². The van der Waals surface area contributed by atoms with Crippen LogP contribution in [0.3, 0.4) is 0 Å². The van der Waals surface area contributed by atoms with E-state index in [4.69, 9.17) is 0 Å². The molecule has 0 spiro atoms. The predicted octanol–water partition coefficient (Wildman–Crippen LogP) is 1.79. The summed E-state index contributed by atoms with van der Waals surface area (Å²) in [5.74, 6) is -0.576. The lowest BCUT2D eigenvalue weighted by atomic mass is 10.0. The molecule has 0 unspecified atom stereocenters. The third-order valence-electron chi connectivity index (χ3n) is 4.93. The highest BCUT2D eigenvalue weighted by molar-refractivity contribution is 7.90. The van der Waals surface area contributed by atoms with E-state index < -0.39 is 15.9 Å². The Morgan fingerprint density at radius 3 is 2.79 bits per heavy atom. The predicted molar refractivity (Wildman–Crippen MR) is 87.3 cm³/mol. The van der Waals surface area contributed by atoms with Crippen molar-refractivity contribution in [2.24, 2.45) is 0 Å². The summed E-state index contributed by atoms with van der Waals surface area (Å²) >= 11 is 0. The van der Waals surface area contributed by atoms with Crippen molar-refractivity contribution < 1.29 is 13.2 Å². The Kier molecular flexibility index (Phi) is 2.45. The number of carbonyl (C=O) groups excluding carboxylic acids is 1. The molecule has 3 aromatic rings. The summed E-state index contributed by atoms with van der Waals surface area (Å²) < 4.78 is 26.3. The van der Waals surface area contributed by atoms with Gasteiger partial charge in [0, 0.05) is 22.2 Å². The van der Waals surface area contributed by atoms with E-state index in [0.29, 0.717) is 0 Å². The number of aromatic nitrogens is 3. The minimum atomic E-state index is -3.75. The lowest BCUT2D eigenvalue weighted by molar-refractivity contribution is 0.0985. The van der Waals surface area contributed by atoms with Crippen molar-refractivity contribution in [2.45, 2.75) is 31.1 Å². The number of carbonyl (C=O) groups is 1. The summed E-state index contributed by atoms with van der Waals surface area (Å²) in [4.78, 5) is 15.3. The third-order valence-corrected chi connectivity index (χ3v) is 6.30. The number of H-pyrrole nitrogens is 2. The van der Waals surface area contributed by atoms with Crippen LogP contribution in [0.15, 0.2) is 17.0 Å². The van der Waals surface area contributed by atoms with Gasteiger partial charge in [-0.25, -0.2) is 13.1 Å². The van der Waals surface area contributed by atoms with Crippen molar-refractivity contribution in [3.63, 3.8) is 0 Å². The molecule has 2 aliphatic rings. The Morgan fingerprint density at radius 2 is 1.96 bits per heavy atom. The first-order valence-corrected chi connectivity index (χ1v) is 9.24. The quantitative estimate of drug-likeness (QED) is 0.579. The first kappa shape index (κ1) is 13.8. The number of nitrogens with zero attached hydrogens (tertiary/aromatic N) is 1. The number of nitrogens with one attached hydrogen (secondary N) is 3. The monoisotopic (exact) mass is 342 g/mol. The van der Waals surface area contributed by atoms with Gasteiger partial charge in [-0.2, -0.15) is 5.10 Å². The molecule has 5 rings (SSSR count). The zero-order chi connectivity index (χ0) is 16.6. The van der Waals surface area contributed by atoms with Gasteiger partial charge in [-0.05, 0) is 43.9 Å². The van der Waals surface area contributed by atoms with Gasteiger partial charge in [0.25, 0.3) is 15.9 Å². The minimum Gasteiger partial charge on any atom is -0.353 e. The SMILES string of the molecule is Cc1[nH]nc2c1CCCc1c-2[nH]c2cc3c(cc12)S(=O)(=O)NC3=O. The van der Waals surface area contributed by atoms with E-state index in [1.165, 1.54) is 5.56 Å². The fourth-order valence-electron chi connectivity index (χ4n) is 3.78. The molecule has 3 heterocycles. The molecule has 7 nitrogen and oxygen atoms in total. The molecule has 0 atom stereocenters. The highest BCUT2D eigenvalue weighted by Crippen LogP contribution is 2.38. The highest BCUT2D eigenvalue weighted by atomic mass is 32.2. The van der Waals surface area contributed by atoms with Gasteiger partial charge in [0.05, 0.1) is 11.3 Å². The van der Waals surface area contributed by atoms with Crippen molar-refractivity contribution in [2.75, 3.05) is 0 Å². The summed E-state index contributed by atoms with van der Waals surface area (Å²) in [5, 5.41) is 8.29. The van der Waals surface area contributed by atoms with Gasteiger partial charge >= 0.3 is 0 Å². The number of fused-ring (bicyclic) bond motifs is 6. The highest BCUT2D eigenvalue weighted by Gasteiger charge is 2.34. The molecule has 2 aromatic heterocycles. The first-order valence-electron chi connectivity index (χ1n) is 7.75. The molecule has 1 aromatic carbocycles. The van der Waals surface area contributed by atoms with Crippen molar-refractivity contribution in [3.8, 4) is 11.4 Å². The maximum atomic E-state index is 12.1. The van der Waals surface area contributed by atoms with Crippen LogP contribution in [0.1, 0.15) is 33.6 Å². The minimum absolute atomic E-state index is 0.0597. The lowest BCUT2D eigenvalue weighted by Gasteiger charge is -2.00. The number of benzene rings is 1. The fraction of sp³-hybridized carbons (Fsp3) is 0.250. The maximum Gasteiger partial charge on any atom is 0.266 e. The largest absolute Gasteiger partial charge is 0.353 e. The van der Waals surface area contributed by atoms with E-state index in [0.717, 1.165) is 52.8 Å². The second kappa shape index (κ2) is 4.27. The van der Waals surface area contributed by atoms with Crippen LogP contribution in [0.4, 0.5) is 0 Å². The van der Waals surface area contributed by atoms with Crippen molar-refractivity contribution in [1.82, 2.24) is 19.9 Å². The molecule has 0 fully saturated rings. The average Bonchev–Trinajstić information content (AvgIpc) is 3.08. The van der Waals surface area contributed by atoms with Crippen LogP contribution in [-0.4, -0.2) is 29.5 Å². The van der Waals surface area contributed by atoms with Gasteiger partial charge in [0.15, 0.2) is 0 Å². The van der Waals surface area contributed by atoms with Gasteiger partial charge in [0.2, 0.25) is 0 Å². The second-order valence-electron chi connectivity index (χ2n) is 6.34. The fourth-order valence-corrected chi connectivity index (χ4v) is 4.96. The molecule has 24 heavy (non-hydrogen) atoms. The number of amides is 1. The van der Waals surface area contributed by atoms with E-state index in [1.54, 1.807) is 12.1 Å². The molecule has 122 valence electrons.